The average molecular weight is 465 g/mol. The van der Waals surface area contributed by atoms with Crippen LogP contribution in [0.1, 0.15) is 37.2 Å². The fourth-order valence-electron chi connectivity index (χ4n) is 3.67. The van der Waals surface area contributed by atoms with E-state index in [1.54, 1.807) is 6.07 Å². The highest BCUT2D eigenvalue weighted by atomic mass is 32.2. The minimum absolute atomic E-state index is 0.0605. The Morgan fingerprint density at radius 2 is 1.94 bits per heavy atom. The molecule has 4 rings (SSSR count). The molecule has 31 heavy (non-hydrogen) atoms. The highest BCUT2D eigenvalue weighted by Crippen LogP contribution is 2.41. The van der Waals surface area contributed by atoms with Crippen molar-refractivity contribution in [3.63, 3.8) is 0 Å². The summed E-state index contributed by atoms with van der Waals surface area (Å²) in [6, 6.07) is 5.11. The van der Waals surface area contributed by atoms with Gasteiger partial charge in [0.25, 0.3) is 15.9 Å². The zero-order valence-corrected chi connectivity index (χ0v) is 17.2. The number of nitrogens with zero attached hydrogens (tertiary/aromatic N) is 1. The third-order valence-corrected chi connectivity index (χ3v) is 8.08. The van der Waals surface area contributed by atoms with Gasteiger partial charge in [-0.15, -0.1) is 11.3 Å². The summed E-state index contributed by atoms with van der Waals surface area (Å²) in [6.07, 6.45) is 0.272. The van der Waals surface area contributed by atoms with E-state index in [0.717, 1.165) is 15.6 Å². The molecule has 0 fully saturated rings. The molecule has 0 spiro atoms. The van der Waals surface area contributed by atoms with E-state index in [-0.39, 0.29) is 34.0 Å². The lowest BCUT2D eigenvalue weighted by molar-refractivity contribution is -0.147. The number of benzene rings is 1. The quantitative estimate of drug-likeness (QED) is 0.470. The molecule has 4 N–H and O–H groups in total. The smallest absolute Gasteiger partial charge is 0.394 e. The van der Waals surface area contributed by atoms with Gasteiger partial charge in [-0.2, -0.15) is 0 Å². The molecule has 1 aromatic heterocycles. The number of fused-ring (bicyclic) bond motifs is 2. The average Bonchev–Trinajstić information content (AvgIpc) is 3.17. The van der Waals surface area contributed by atoms with E-state index in [4.69, 9.17) is 5.11 Å². The van der Waals surface area contributed by atoms with Crippen molar-refractivity contribution >= 4 is 50.1 Å². The summed E-state index contributed by atoms with van der Waals surface area (Å²) < 4.78 is 26.4. The number of nitrogens with one attached hydrogen (secondary N) is 2. The van der Waals surface area contributed by atoms with Crippen LogP contribution in [0.25, 0.3) is 0 Å². The first-order chi connectivity index (χ1) is 14.6. The van der Waals surface area contributed by atoms with E-state index in [9.17, 15) is 32.7 Å². The molecule has 2 aliphatic rings. The number of carbonyl (C=O) groups is 4. The maximum Gasteiger partial charge on any atom is 0.394 e. The van der Waals surface area contributed by atoms with Crippen molar-refractivity contribution in [3.05, 3.63) is 45.8 Å². The number of rotatable bonds is 4. The maximum atomic E-state index is 12.8. The predicted molar refractivity (Wildman–Crippen MR) is 107 cm³/mol. The molecular formula is C18H15N3O8S2. The third kappa shape index (κ3) is 3.36. The van der Waals surface area contributed by atoms with Crippen molar-refractivity contribution in [3.8, 4) is 0 Å². The van der Waals surface area contributed by atoms with Gasteiger partial charge in [-0.05, 0) is 30.7 Å². The normalized spacial score (nSPS) is 18.9. The van der Waals surface area contributed by atoms with Gasteiger partial charge in [-0.1, -0.05) is 12.1 Å². The summed E-state index contributed by atoms with van der Waals surface area (Å²) in [4.78, 5) is 47.2. The summed E-state index contributed by atoms with van der Waals surface area (Å²) >= 11 is 0.841. The summed E-state index contributed by atoms with van der Waals surface area (Å²) in [7, 11) is -4.06. The van der Waals surface area contributed by atoms with Gasteiger partial charge in [0.05, 0.1) is 23.7 Å². The van der Waals surface area contributed by atoms with Crippen LogP contribution in [0.5, 0.6) is 0 Å². The number of carboxylic acid groups (broad SMARTS) is 2. The zero-order chi connectivity index (χ0) is 22.5. The number of aromatic carboxylic acids is 1. The number of sulfonamides is 1. The van der Waals surface area contributed by atoms with Crippen LogP contribution >= 0.6 is 11.3 Å². The third-order valence-electron chi connectivity index (χ3n) is 5.02. The van der Waals surface area contributed by atoms with Gasteiger partial charge in [-0.3, -0.25) is 9.59 Å². The summed E-state index contributed by atoms with van der Waals surface area (Å²) in [6.45, 7) is 0.0186. The molecule has 0 radical (unpaired) electrons. The SMILES string of the molecule is O=C(O)C(=O)Nc1sc2c(c1C(=O)O)CCNC2CN1C(=O)c2ccccc2S1(=O)=O. The molecule has 0 aliphatic carbocycles. The fourth-order valence-corrected chi connectivity index (χ4v) is 6.56. The van der Waals surface area contributed by atoms with Gasteiger partial charge in [0.2, 0.25) is 0 Å². The summed E-state index contributed by atoms with van der Waals surface area (Å²) in [5.74, 6) is -5.20. The van der Waals surface area contributed by atoms with Crippen LogP contribution in [-0.2, 0) is 26.0 Å². The van der Waals surface area contributed by atoms with E-state index in [0.29, 0.717) is 17.0 Å². The Kier molecular flexibility index (Phi) is 5.03. The van der Waals surface area contributed by atoms with Crippen molar-refractivity contribution in [2.24, 2.45) is 0 Å². The van der Waals surface area contributed by atoms with Crippen LogP contribution in [0.15, 0.2) is 29.2 Å². The maximum absolute atomic E-state index is 12.8. The Balaban J connectivity index is 1.71. The van der Waals surface area contributed by atoms with Crippen LogP contribution in [0, 0.1) is 0 Å². The lowest BCUT2D eigenvalue weighted by atomic mass is 9.99. The van der Waals surface area contributed by atoms with Crippen LogP contribution in [0.4, 0.5) is 5.00 Å². The first-order valence-corrected chi connectivity index (χ1v) is 11.2. The standard InChI is InChI=1S/C18H15N3O8S2/c22-14(18(26)27)20-15-12(17(24)25)9-5-6-19-10(13(9)30-15)7-21-16(23)8-3-1-2-4-11(8)31(21,28)29/h1-4,10,19H,5-7H2,(H,20,22)(H,24,25)(H,26,27). The molecule has 3 heterocycles. The molecule has 0 saturated heterocycles. The van der Waals surface area contributed by atoms with Gasteiger partial charge in [0, 0.05) is 4.88 Å². The zero-order valence-electron chi connectivity index (χ0n) is 15.6. The van der Waals surface area contributed by atoms with Crippen molar-refractivity contribution in [1.29, 1.82) is 0 Å². The summed E-state index contributed by atoms with van der Waals surface area (Å²) in [5, 5.41) is 23.4. The predicted octanol–water partition coefficient (Wildman–Crippen LogP) is 0.501. The van der Waals surface area contributed by atoms with E-state index in [1.807, 2.05) is 0 Å². The van der Waals surface area contributed by atoms with Crippen molar-refractivity contribution in [2.75, 3.05) is 18.4 Å². The highest BCUT2D eigenvalue weighted by molar-refractivity contribution is 7.90. The van der Waals surface area contributed by atoms with Crippen LogP contribution < -0.4 is 10.6 Å². The molecule has 162 valence electrons. The molecule has 2 aliphatic heterocycles. The Labute approximate surface area is 179 Å². The Bertz CT molecular complexity index is 1250. The second-order valence-electron chi connectivity index (χ2n) is 6.81. The topological polar surface area (TPSA) is 170 Å². The van der Waals surface area contributed by atoms with E-state index in [1.165, 1.54) is 18.2 Å². The summed E-state index contributed by atoms with van der Waals surface area (Å²) in [5.41, 5.74) is 0.189. The fraction of sp³-hybridized carbons (Fsp3) is 0.222. The van der Waals surface area contributed by atoms with Crippen LogP contribution in [0.2, 0.25) is 0 Å². The molecule has 1 aromatic carbocycles. The number of hydrogen-bond donors (Lipinski definition) is 4. The van der Waals surface area contributed by atoms with E-state index in [2.05, 4.69) is 10.6 Å². The van der Waals surface area contributed by atoms with Crippen molar-refractivity contribution in [2.45, 2.75) is 17.4 Å². The lowest BCUT2D eigenvalue weighted by Crippen LogP contribution is -2.41. The Hall–Kier alpha value is -3.29. The van der Waals surface area contributed by atoms with Gasteiger partial charge >= 0.3 is 17.8 Å². The molecule has 1 unspecified atom stereocenters. The minimum atomic E-state index is -4.06. The van der Waals surface area contributed by atoms with E-state index >= 15 is 0 Å². The molecule has 2 aromatic rings. The van der Waals surface area contributed by atoms with Crippen molar-refractivity contribution < 1.29 is 37.8 Å². The second-order valence-corrected chi connectivity index (χ2v) is 9.69. The van der Waals surface area contributed by atoms with Gasteiger partial charge < -0.3 is 20.8 Å². The Morgan fingerprint density at radius 1 is 1.23 bits per heavy atom. The highest BCUT2D eigenvalue weighted by Gasteiger charge is 2.43. The van der Waals surface area contributed by atoms with Gasteiger partial charge in [0.1, 0.15) is 9.90 Å². The molecule has 1 atom stereocenters. The molecule has 0 saturated carbocycles. The number of aliphatic carboxylic acids is 1. The van der Waals surface area contributed by atoms with Gasteiger partial charge in [0.15, 0.2) is 0 Å². The molecule has 11 nitrogen and oxygen atoms in total. The molecule has 13 heteroatoms. The number of hydrogen-bond acceptors (Lipinski definition) is 8. The largest absolute Gasteiger partial charge is 0.478 e. The number of carboxylic acids is 2. The number of thiophene rings is 1. The van der Waals surface area contributed by atoms with Crippen molar-refractivity contribution in [1.82, 2.24) is 9.62 Å². The van der Waals surface area contributed by atoms with E-state index < -0.39 is 39.8 Å². The van der Waals surface area contributed by atoms with Crippen LogP contribution in [-0.4, -0.2) is 59.8 Å². The number of amides is 2. The number of carbonyl (C=O) groups excluding carboxylic acids is 2. The Morgan fingerprint density at radius 3 is 2.58 bits per heavy atom. The van der Waals surface area contributed by atoms with Gasteiger partial charge in [-0.25, -0.2) is 22.3 Å². The van der Waals surface area contributed by atoms with Crippen LogP contribution in [0.3, 0.4) is 0 Å². The first kappa shape index (κ1) is 21.0. The first-order valence-electron chi connectivity index (χ1n) is 8.95. The molecule has 2 amide bonds. The minimum Gasteiger partial charge on any atom is -0.478 e. The monoisotopic (exact) mass is 465 g/mol. The second kappa shape index (κ2) is 7.44. The molecule has 0 bridgehead atoms. The lowest BCUT2D eigenvalue weighted by Gasteiger charge is -2.27. The molecular weight excluding hydrogens is 450 g/mol. The number of anilines is 1.